The van der Waals surface area contributed by atoms with Gasteiger partial charge in [0.05, 0.1) is 11.8 Å². The molecule has 0 fully saturated rings. The number of nitrogens with zero attached hydrogens (tertiary/aromatic N) is 3. The molecule has 0 aromatic heterocycles. The SMILES string of the molecule is CCc1ccc(C2CC(c3ccccc3)=NN2C2=NC(=O)C(CC(=O)Nc3ccc(F)c(F)c3)S2)cc1. The molecule has 5 rings (SSSR count). The summed E-state index contributed by atoms with van der Waals surface area (Å²) in [5.41, 5.74) is 4.29. The van der Waals surface area contributed by atoms with Crippen molar-refractivity contribution < 1.29 is 18.4 Å². The van der Waals surface area contributed by atoms with Crippen LogP contribution in [0, 0.1) is 11.6 Å². The van der Waals surface area contributed by atoms with Gasteiger partial charge in [-0.1, -0.05) is 73.3 Å². The zero-order valence-corrected chi connectivity index (χ0v) is 20.8. The van der Waals surface area contributed by atoms with Gasteiger partial charge in [0.25, 0.3) is 5.91 Å². The van der Waals surface area contributed by atoms with Gasteiger partial charge in [0.1, 0.15) is 5.25 Å². The highest BCUT2D eigenvalue weighted by Gasteiger charge is 2.39. The van der Waals surface area contributed by atoms with E-state index in [1.807, 2.05) is 30.3 Å². The molecule has 2 aliphatic heterocycles. The van der Waals surface area contributed by atoms with Gasteiger partial charge in [-0.25, -0.2) is 13.8 Å². The van der Waals surface area contributed by atoms with Crippen LogP contribution in [0.4, 0.5) is 14.5 Å². The summed E-state index contributed by atoms with van der Waals surface area (Å²) in [7, 11) is 0. The maximum atomic E-state index is 13.5. The van der Waals surface area contributed by atoms with E-state index >= 15 is 0 Å². The first-order valence-corrected chi connectivity index (χ1v) is 12.8. The van der Waals surface area contributed by atoms with Crippen molar-refractivity contribution in [3.63, 3.8) is 0 Å². The molecule has 9 heteroatoms. The number of hydrazone groups is 1. The minimum atomic E-state index is -1.06. The molecule has 3 aromatic carbocycles. The number of aryl methyl sites for hydroxylation is 1. The van der Waals surface area contributed by atoms with Crippen molar-refractivity contribution in [1.29, 1.82) is 0 Å². The second-order valence-corrected chi connectivity index (χ2v) is 9.96. The molecule has 0 spiro atoms. The molecule has 2 atom stereocenters. The summed E-state index contributed by atoms with van der Waals surface area (Å²) in [6, 6.07) is 21.2. The molecular weight excluding hydrogens is 494 g/mol. The topological polar surface area (TPSA) is 74.1 Å². The first-order valence-electron chi connectivity index (χ1n) is 12.0. The minimum absolute atomic E-state index is 0.118. The summed E-state index contributed by atoms with van der Waals surface area (Å²) in [5.74, 6) is -2.98. The first kappa shape index (κ1) is 24.8. The van der Waals surface area contributed by atoms with Crippen LogP contribution < -0.4 is 5.32 Å². The van der Waals surface area contributed by atoms with Crippen molar-refractivity contribution in [2.45, 2.75) is 37.5 Å². The largest absolute Gasteiger partial charge is 0.326 e. The Morgan fingerprint density at radius 3 is 2.51 bits per heavy atom. The lowest BCUT2D eigenvalue weighted by Crippen LogP contribution is -2.25. The van der Waals surface area contributed by atoms with E-state index in [1.165, 1.54) is 23.4 Å². The summed E-state index contributed by atoms with van der Waals surface area (Å²) in [5, 5.41) is 8.83. The molecule has 188 valence electrons. The van der Waals surface area contributed by atoms with Gasteiger partial charge < -0.3 is 5.32 Å². The molecule has 37 heavy (non-hydrogen) atoms. The smallest absolute Gasteiger partial charge is 0.262 e. The van der Waals surface area contributed by atoms with Gasteiger partial charge in [0.15, 0.2) is 16.8 Å². The third-order valence-corrected chi connectivity index (χ3v) is 7.43. The summed E-state index contributed by atoms with van der Waals surface area (Å²) in [6.45, 7) is 2.10. The standard InChI is InChI=1S/C28H24F2N4O2S/c1-2-17-8-10-19(11-9-17)24-15-23(18-6-4-3-5-7-18)33-34(24)28-32-27(36)25(37-28)16-26(35)31-20-12-13-21(29)22(30)14-20/h3-14,24-25H,2,15-16H2,1H3,(H,31,35). The highest BCUT2D eigenvalue weighted by atomic mass is 32.2. The summed E-state index contributed by atoms with van der Waals surface area (Å²) >= 11 is 1.19. The van der Waals surface area contributed by atoms with E-state index in [-0.39, 0.29) is 18.2 Å². The fraction of sp³-hybridized carbons (Fsp3) is 0.214. The van der Waals surface area contributed by atoms with Crippen LogP contribution in [0.3, 0.4) is 0 Å². The zero-order chi connectivity index (χ0) is 25.9. The van der Waals surface area contributed by atoms with Crippen LogP contribution in [-0.4, -0.2) is 33.0 Å². The monoisotopic (exact) mass is 518 g/mol. The van der Waals surface area contributed by atoms with Crippen LogP contribution in [0.5, 0.6) is 0 Å². The van der Waals surface area contributed by atoms with E-state index in [1.54, 1.807) is 5.01 Å². The molecule has 0 bridgehead atoms. The van der Waals surface area contributed by atoms with Gasteiger partial charge in [0, 0.05) is 24.6 Å². The van der Waals surface area contributed by atoms with Crippen molar-refractivity contribution in [3.8, 4) is 0 Å². The molecule has 2 unspecified atom stereocenters. The summed E-state index contributed by atoms with van der Waals surface area (Å²) < 4.78 is 26.6. The van der Waals surface area contributed by atoms with E-state index in [0.717, 1.165) is 35.4 Å². The average Bonchev–Trinajstić information content (AvgIpc) is 3.51. The lowest BCUT2D eigenvalue weighted by molar-refractivity contribution is -0.121. The maximum Gasteiger partial charge on any atom is 0.262 e. The van der Waals surface area contributed by atoms with Crippen LogP contribution in [0.15, 0.2) is 82.9 Å². The second-order valence-electron chi connectivity index (χ2n) is 8.79. The van der Waals surface area contributed by atoms with Crippen LogP contribution in [-0.2, 0) is 16.0 Å². The molecule has 2 aliphatic rings. The Morgan fingerprint density at radius 2 is 1.81 bits per heavy atom. The van der Waals surface area contributed by atoms with Crippen molar-refractivity contribution in [1.82, 2.24) is 5.01 Å². The average molecular weight is 519 g/mol. The quantitative estimate of drug-likeness (QED) is 0.454. The van der Waals surface area contributed by atoms with E-state index in [0.29, 0.717) is 11.6 Å². The number of amides is 2. The number of halogens is 2. The van der Waals surface area contributed by atoms with E-state index < -0.39 is 28.7 Å². The molecule has 2 amide bonds. The highest BCUT2D eigenvalue weighted by Crippen LogP contribution is 2.38. The van der Waals surface area contributed by atoms with Gasteiger partial charge in [-0.2, -0.15) is 10.1 Å². The number of carbonyl (C=O) groups excluding carboxylic acids is 2. The fourth-order valence-electron chi connectivity index (χ4n) is 4.29. The van der Waals surface area contributed by atoms with Crippen LogP contribution in [0.25, 0.3) is 0 Å². The number of amidine groups is 1. The Kier molecular flexibility index (Phi) is 7.14. The number of thioether (sulfide) groups is 1. The summed E-state index contributed by atoms with van der Waals surface area (Å²) in [6.07, 6.45) is 1.42. The first-order chi connectivity index (χ1) is 17.9. The third kappa shape index (κ3) is 5.46. The van der Waals surface area contributed by atoms with Gasteiger partial charge >= 0.3 is 0 Å². The molecule has 0 aliphatic carbocycles. The molecule has 2 heterocycles. The Bertz CT molecular complexity index is 1390. The molecule has 0 radical (unpaired) electrons. The number of hydrogen-bond acceptors (Lipinski definition) is 5. The second kappa shape index (κ2) is 10.6. The van der Waals surface area contributed by atoms with Crippen molar-refractivity contribution in [2.24, 2.45) is 10.1 Å². The maximum absolute atomic E-state index is 13.5. The number of nitrogens with one attached hydrogen (secondary N) is 1. The molecule has 6 nitrogen and oxygen atoms in total. The number of anilines is 1. The Hall–Kier alpha value is -3.85. The summed E-state index contributed by atoms with van der Waals surface area (Å²) in [4.78, 5) is 29.5. The number of hydrogen-bond donors (Lipinski definition) is 1. The van der Waals surface area contributed by atoms with E-state index in [4.69, 9.17) is 5.10 Å². The lowest BCUT2D eigenvalue weighted by Gasteiger charge is -2.23. The van der Waals surface area contributed by atoms with Gasteiger partial charge in [-0.15, -0.1) is 0 Å². The van der Waals surface area contributed by atoms with Crippen molar-refractivity contribution in [3.05, 3.63) is 101 Å². The molecule has 3 aromatic rings. The van der Waals surface area contributed by atoms with Gasteiger partial charge in [-0.3, -0.25) is 9.59 Å². The predicted octanol–water partition coefficient (Wildman–Crippen LogP) is 5.71. The fourth-order valence-corrected chi connectivity index (χ4v) is 5.35. The number of benzene rings is 3. The molecule has 0 saturated carbocycles. The molecular formula is C28H24F2N4O2S. The van der Waals surface area contributed by atoms with E-state index in [9.17, 15) is 18.4 Å². The number of rotatable bonds is 6. The normalized spacial score (nSPS) is 19.1. The Morgan fingerprint density at radius 1 is 1.05 bits per heavy atom. The predicted molar refractivity (Wildman–Crippen MR) is 141 cm³/mol. The van der Waals surface area contributed by atoms with Gasteiger partial charge in [0.2, 0.25) is 5.91 Å². The lowest BCUT2D eigenvalue weighted by atomic mass is 9.97. The molecule has 0 saturated heterocycles. The third-order valence-electron chi connectivity index (χ3n) is 6.29. The molecule has 1 N–H and O–H groups in total. The van der Waals surface area contributed by atoms with Gasteiger partial charge in [-0.05, 0) is 35.2 Å². The number of carbonyl (C=O) groups is 2. The minimum Gasteiger partial charge on any atom is -0.326 e. The highest BCUT2D eigenvalue weighted by molar-refractivity contribution is 8.15. The van der Waals surface area contributed by atoms with Crippen LogP contribution >= 0.6 is 11.8 Å². The van der Waals surface area contributed by atoms with Crippen LogP contribution in [0.2, 0.25) is 0 Å². The van der Waals surface area contributed by atoms with Crippen LogP contribution in [0.1, 0.15) is 42.5 Å². The zero-order valence-electron chi connectivity index (χ0n) is 20.0. The number of aliphatic imine (C=N–C) groups is 1. The Balaban J connectivity index is 1.34. The van der Waals surface area contributed by atoms with Crippen molar-refractivity contribution >= 4 is 40.1 Å². The van der Waals surface area contributed by atoms with E-state index in [2.05, 4.69) is 41.5 Å². The Labute approximate surface area is 217 Å². The van der Waals surface area contributed by atoms with Crippen molar-refractivity contribution in [2.75, 3.05) is 5.32 Å².